The van der Waals surface area contributed by atoms with Crippen LogP contribution in [0.4, 0.5) is 0 Å². The van der Waals surface area contributed by atoms with E-state index >= 15 is 0 Å². The van der Waals surface area contributed by atoms with Crippen molar-refractivity contribution in [3.05, 3.63) is 35.4 Å². The van der Waals surface area contributed by atoms with Gasteiger partial charge in [0, 0.05) is 12.6 Å². The molecule has 0 radical (unpaired) electrons. The number of aliphatic carboxylic acids is 1. The molecule has 0 unspecified atom stereocenters. The summed E-state index contributed by atoms with van der Waals surface area (Å²) in [7, 11) is 1.92. The Kier molecular flexibility index (Phi) is 5.34. The molecule has 1 aromatic carbocycles. The van der Waals surface area contributed by atoms with Crippen molar-refractivity contribution in [1.82, 2.24) is 9.80 Å². The van der Waals surface area contributed by atoms with Crippen molar-refractivity contribution in [3.63, 3.8) is 0 Å². The zero-order valence-corrected chi connectivity index (χ0v) is 14.1. The molecular weight excluding hydrogens is 288 g/mol. The molecule has 1 N–H and O–H groups in total. The zero-order valence-electron chi connectivity index (χ0n) is 14.1. The molecule has 4 heteroatoms. The number of rotatable bonds is 6. The number of hydrogen-bond donors (Lipinski definition) is 1. The van der Waals surface area contributed by atoms with E-state index in [1.54, 1.807) is 0 Å². The number of carboxylic acid groups (broad SMARTS) is 1. The van der Waals surface area contributed by atoms with E-state index in [9.17, 15) is 4.79 Å². The van der Waals surface area contributed by atoms with Gasteiger partial charge in [0.15, 0.2) is 0 Å². The number of carbonyl (C=O) groups is 1. The van der Waals surface area contributed by atoms with Crippen molar-refractivity contribution in [3.8, 4) is 0 Å². The third-order valence-corrected chi connectivity index (χ3v) is 5.53. The van der Waals surface area contributed by atoms with Crippen molar-refractivity contribution >= 4 is 5.97 Å². The summed E-state index contributed by atoms with van der Waals surface area (Å²) in [6.45, 7) is 3.27. The first-order chi connectivity index (χ1) is 11.1. The Labute approximate surface area is 139 Å². The summed E-state index contributed by atoms with van der Waals surface area (Å²) in [5.74, 6) is 0.0750. The van der Waals surface area contributed by atoms with Crippen molar-refractivity contribution < 1.29 is 9.90 Å². The van der Waals surface area contributed by atoms with Crippen LogP contribution < -0.4 is 0 Å². The van der Waals surface area contributed by atoms with Gasteiger partial charge < -0.3 is 5.11 Å². The molecule has 1 heterocycles. The minimum Gasteiger partial charge on any atom is -0.480 e. The van der Waals surface area contributed by atoms with Gasteiger partial charge in [-0.3, -0.25) is 14.6 Å². The molecule has 0 atom stereocenters. The molecule has 3 rings (SSSR count). The van der Waals surface area contributed by atoms with Crippen LogP contribution in [0.3, 0.4) is 0 Å². The molecule has 1 saturated carbocycles. The lowest BCUT2D eigenvalue weighted by molar-refractivity contribution is -0.138. The third kappa shape index (κ3) is 4.33. The van der Waals surface area contributed by atoms with Gasteiger partial charge in [0.1, 0.15) is 0 Å². The molecular formula is C19H28N2O2. The summed E-state index contributed by atoms with van der Waals surface area (Å²) in [6.07, 6.45) is 6.22. The van der Waals surface area contributed by atoms with Crippen LogP contribution in [0.15, 0.2) is 24.3 Å². The summed E-state index contributed by atoms with van der Waals surface area (Å²) in [6, 6.07) is 9.61. The Morgan fingerprint density at radius 3 is 2.35 bits per heavy atom. The number of nitrogens with zero attached hydrogens (tertiary/aromatic N) is 2. The fraction of sp³-hybridized carbons (Fsp3) is 0.632. The first-order valence-corrected chi connectivity index (χ1v) is 8.85. The van der Waals surface area contributed by atoms with Crippen LogP contribution >= 0.6 is 0 Å². The van der Waals surface area contributed by atoms with E-state index in [1.807, 2.05) is 11.9 Å². The highest BCUT2D eigenvalue weighted by atomic mass is 16.4. The zero-order chi connectivity index (χ0) is 16.2. The second-order valence-electron chi connectivity index (χ2n) is 7.19. The van der Waals surface area contributed by atoms with Crippen molar-refractivity contribution in [2.45, 2.75) is 50.6 Å². The van der Waals surface area contributed by atoms with Gasteiger partial charge in [-0.1, -0.05) is 30.7 Å². The Bertz CT molecular complexity index is 517. The Balaban J connectivity index is 1.45. The van der Waals surface area contributed by atoms with E-state index in [2.05, 4.69) is 29.2 Å². The number of hydrogen-bond acceptors (Lipinski definition) is 3. The SMILES string of the molecule is CN(CC(=O)O)C1CCN(Cc2ccc(C3CCC3)cc2)CC1. The summed E-state index contributed by atoms with van der Waals surface area (Å²) < 4.78 is 0. The van der Waals surface area contributed by atoms with Gasteiger partial charge in [-0.2, -0.15) is 0 Å². The predicted octanol–water partition coefficient (Wildman–Crippen LogP) is 2.93. The maximum Gasteiger partial charge on any atom is 0.317 e. The minimum absolute atomic E-state index is 0.146. The van der Waals surface area contributed by atoms with Crippen LogP contribution in [0, 0.1) is 0 Å². The third-order valence-electron chi connectivity index (χ3n) is 5.53. The molecule has 0 amide bonds. The molecule has 1 saturated heterocycles. The standard InChI is InChI=1S/C19H28N2O2/c1-20(14-19(22)23)18-9-11-21(12-10-18)13-15-5-7-17(8-6-15)16-3-2-4-16/h5-8,16,18H,2-4,9-14H2,1H3,(H,22,23). The molecule has 126 valence electrons. The first-order valence-electron chi connectivity index (χ1n) is 8.85. The summed E-state index contributed by atoms with van der Waals surface area (Å²) in [4.78, 5) is 15.3. The number of likely N-dealkylation sites (tertiary alicyclic amines) is 1. The highest BCUT2D eigenvalue weighted by Gasteiger charge is 2.24. The van der Waals surface area contributed by atoms with Crippen molar-refractivity contribution in [2.24, 2.45) is 0 Å². The molecule has 2 aliphatic rings. The molecule has 1 aliphatic carbocycles. The number of benzene rings is 1. The fourth-order valence-electron chi connectivity index (χ4n) is 3.76. The average molecular weight is 316 g/mol. The van der Waals surface area contributed by atoms with E-state index in [0.717, 1.165) is 38.4 Å². The summed E-state index contributed by atoms with van der Waals surface area (Å²) >= 11 is 0. The lowest BCUT2D eigenvalue weighted by atomic mass is 9.80. The second-order valence-corrected chi connectivity index (χ2v) is 7.19. The van der Waals surface area contributed by atoms with Crippen LogP contribution in [-0.2, 0) is 11.3 Å². The van der Waals surface area contributed by atoms with Gasteiger partial charge >= 0.3 is 5.97 Å². The number of likely N-dealkylation sites (N-methyl/N-ethyl adjacent to an activating group) is 1. The molecule has 4 nitrogen and oxygen atoms in total. The molecule has 23 heavy (non-hydrogen) atoms. The van der Waals surface area contributed by atoms with E-state index in [-0.39, 0.29) is 6.54 Å². The predicted molar refractivity (Wildman–Crippen MR) is 91.6 cm³/mol. The number of piperidine rings is 1. The lowest BCUT2D eigenvalue weighted by Crippen LogP contribution is -2.44. The van der Waals surface area contributed by atoms with Crippen LogP contribution in [0.2, 0.25) is 0 Å². The minimum atomic E-state index is -0.735. The average Bonchev–Trinajstić information content (AvgIpc) is 2.47. The van der Waals surface area contributed by atoms with E-state index in [1.165, 1.54) is 30.4 Å². The smallest absolute Gasteiger partial charge is 0.317 e. The van der Waals surface area contributed by atoms with Gasteiger partial charge in [0.25, 0.3) is 0 Å². The van der Waals surface area contributed by atoms with Gasteiger partial charge in [-0.05, 0) is 62.9 Å². The molecule has 0 aromatic heterocycles. The van der Waals surface area contributed by atoms with Gasteiger partial charge in [0.2, 0.25) is 0 Å². The van der Waals surface area contributed by atoms with Gasteiger partial charge in [-0.15, -0.1) is 0 Å². The molecule has 0 spiro atoms. The largest absolute Gasteiger partial charge is 0.480 e. The lowest BCUT2D eigenvalue weighted by Gasteiger charge is -2.36. The normalized spacial score (nSPS) is 20.6. The molecule has 0 bridgehead atoms. The van der Waals surface area contributed by atoms with Crippen LogP contribution in [-0.4, -0.2) is 53.6 Å². The van der Waals surface area contributed by atoms with Crippen LogP contribution in [0.25, 0.3) is 0 Å². The van der Waals surface area contributed by atoms with Crippen molar-refractivity contribution in [2.75, 3.05) is 26.7 Å². The molecule has 1 aromatic rings. The second kappa shape index (κ2) is 7.45. The van der Waals surface area contributed by atoms with Crippen LogP contribution in [0.1, 0.15) is 49.1 Å². The van der Waals surface area contributed by atoms with E-state index in [4.69, 9.17) is 5.11 Å². The Morgan fingerprint density at radius 1 is 1.17 bits per heavy atom. The van der Waals surface area contributed by atoms with Crippen molar-refractivity contribution in [1.29, 1.82) is 0 Å². The maximum atomic E-state index is 10.8. The highest BCUT2D eigenvalue weighted by molar-refractivity contribution is 5.69. The number of carboxylic acids is 1. The fourth-order valence-corrected chi connectivity index (χ4v) is 3.76. The molecule has 2 fully saturated rings. The quantitative estimate of drug-likeness (QED) is 0.876. The van der Waals surface area contributed by atoms with E-state index < -0.39 is 5.97 Å². The van der Waals surface area contributed by atoms with Gasteiger partial charge in [0.05, 0.1) is 6.54 Å². The van der Waals surface area contributed by atoms with Crippen LogP contribution in [0.5, 0.6) is 0 Å². The monoisotopic (exact) mass is 316 g/mol. The summed E-state index contributed by atoms with van der Waals surface area (Å²) in [5, 5.41) is 8.89. The highest BCUT2D eigenvalue weighted by Crippen LogP contribution is 2.36. The first kappa shape index (κ1) is 16.5. The topological polar surface area (TPSA) is 43.8 Å². The Hall–Kier alpha value is -1.39. The van der Waals surface area contributed by atoms with E-state index in [0.29, 0.717) is 6.04 Å². The molecule has 1 aliphatic heterocycles. The van der Waals surface area contributed by atoms with Gasteiger partial charge in [-0.25, -0.2) is 0 Å². The maximum absolute atomic E-state index is 10.8. The Morgan fingerprint density at radius 2 is 1.83 bits per heavy atom. The summed E-state index contributed by atoms with van der Waals surface area (Å²) in [5.41, 5.74) is 2.90.